The summed E-state index contributed by atoms with van der Waals surface area (Å²) in [5, 5.41) is 12.5. The number of H-pyrrole nitrogens is 1. The van der Waals surface area contributed by atoms with Crippen LogP contribution in [0.15, 0.2) is 30.3 Å². The van der Waals surface area contributed by atoms with Crippen LogP contribution in [0.4, 0.5) is 5.82 Å². The number of nitrogens with two attached hydrogens (primary N) is 1. The molecule has 2 heterocycles. The van der Waals surface area contributed by atoms with Crippen LogP contribution >= 0.6 is 0 Å². The third-order valence-electron chi connectivity index (χ3n) is 3.33. The molecule has 1 aromatic carbocycles. The number of hydrogen-bond donors (Lipinski definition) is 2. The quantitative estimate of drug-likeness (QED) is 0.751. The zero-order valence-electron chi connectivity index (χ0n) is 10.9. The number of aromatic amines is 1. The smallest absolute Gasteiger partial charge is 0.182 e. The zero-order valence-corrected chi connectivity index (χ0v) is 10.9. The van der Waals surface area contributed by atoms with Crippen molar-refractivity contribution in [1.29, 1.82) is 0 Å². The molecule has 3 aromatic rings. The normalized spacial score (nSPS) is 11.2. The van der Waals surface area contributed by atoms with Crippen LogP contribution < -0.4 is 5.73 Å². The fraction of sp³-hybridized carbons (Fsp3) is 0.286. The van der Waals surface area contributed by atoms with E-state index in [-0.39, 0.29) is 0 Å². The number of aromatic nitrogens is 4. The predicted molar refractivity (Wildman–Crippen MR) is 75.8 cm³/mol. The molecule has 0 atom stereocenters. The Labute approximate surface area is 111 Å². The zero-order chi connectivity index (χ0) is 13.2. The number of benzene rings is 1. The second-order valence-corrected chi connectivity index (χ2v) is 4.73. The molecule has 0 radical (unpaired) electrons. The third-order valence-corrected chi connectivity index (χ3v) is 3.33. The van der Waals surface area contributed by atoms with Crippen molar-refractivity contribution in [3.63, 3.8) is 0 Å². The molecule has 19 heavy (non-hydrogen) atoms. The number of rotatable bonds is 4. The molecule has 5 heteroatoms. The number of hydrogen-bond acceptors (Lipinski definition) is 3. The molecule has 0 spiro atoms. The number of fused-ring (bicyclic) bond motifs is 1. The first-order chi connectivity index (χ1) is 9.25. The van der Waals surface area contributed by atoms with E-state index in [0.717, 1.165) is 36.1 Å². The van der Waals surface area contributed by atoms with Gasteiger partial charge >= 0.3 is 0 Å². The molecule has 0 aliphatic heterocycles. The monoisotopic (exact) mass is 255 g/mol. The van der Waals surface area contributed by atoms with Crippen LogP contribution in [-0.4, -0.2) is 20.0 Å². The molecular formula is C14H17N5. The fourth-order valence-electron chi connectivity index (χ4n) is 2.40. The number of nitrogen functional groups attached to an aromatic ring is 1. The first-order valence-electron chi connectivity index (χ1n) is 6.46. The molecule has 0 aliphatic carbocycles. The topological polar surface area (TPSA) is 72.5 Å². The van der Waals surface area contributed by atoms with Crippen molar-refractivity contribution in [3.8, 4) is 0 Å². The van der Waals surface area contributed by atoms with Gasteiger partial charge in [0.1, 0.15) is 5.82 Å². The van der Waals surface area contributed by atoms with Gasteiger partial charge in [0.15, 0.2) is 5.65 Å². The van der Waals surface area contributed by atoms with Crippen molar-refractivity contribution in [2.45, 2.75) is 26.3 Å². The summed E-state index contributed by atoms with van der Waals surface area (Å²) < 4.78 is 1.93. The molecular weight excluding hydrogens is 238 g/mol. The molecule has 3 N–H and O–H groups in total. The SMILES string of the molecule is Cc1nn(CCCc2ccccc2)c2n[nH]c(N)c12. The highest BCUT2D eigenvalue weighted by Gasteiger charge is 2.12. The Balaban J connectivity index is 1.72. The summed E-state index contributed by atoms with van der Waals surface area (Å²) in [5.74, 6) is 0.599. The van der Waals surface area contributed by atoms with Gasteiger partial charge in [-0.05, 0) is 25.3 Å². The second-order valence-electron chi connectivity index (χ2n) is 4.73. The molecule has 0 amide bonds. The van der Waals surface area contributed by atoms with E-state index in [0.29, 0.717) is 5.82 Å². The highest BCUT2D eigenvalue weighted by molar-refractivity contribution is 5.88. The molecule has 0 aliphatic rings. The second kappa shape index (κ2) is 4.76. The van der Waals surface area contributed by atoms with Crippen molar-refractivity contribution in [1.82, 2.24) is 20.0 Å². The number of aryl methyl sites for hydroxylation is 3. The van der Waals surface area contributed by atoms with Gasteiger partial charge in [0.25, 0.3) is 0 Å². The molecule has 5 nitrogen and oxygen atoms in total. The van der Waals surface area contributed by atoms with Crippen LogP contribution in [0.3, 0.4) is 0 Å². The molecule has 0 saturated heterocycles. The summed E-state index contributed by atoms with van der Waals surface area (Å²) in [4.78, 5) is 0. The molecule has 3 rings (SSSR count). The Bertz CT molecular complexity index is 680. The first-order valence-corrected chi connectivity index (χ1v) is 6.46. The van der Waals surface area contributed by atoms with E-state index in [1.807, 2.05) is 17.7 Å². The van der Waals surface area contributed by atoms with Gasteiger partial charge in [0.2, 0.25) is 0 Å². The van der Waals surface area contributed by atoms with Gasteiger partial charge < -0.3 is 5.73 Å². The molecule has 0 bridgehead atoms. The maximum absolute atomic E-state index is 5.84. The minimum Gasteiger partial charge on any atom is -0.383 e. The van der Waals surface area contributed by atoms with E-state index in [1.54, 1.807) is 0 Å². The van der Waals surface area contributed by atoms with Crippen molar-refractivity contribution in [2.75, 3.05) is 5.73 Å². The lowest BCUT2D eigenvalue weighted by Crippen LogP contribution is -2.02. The van der Waals surface area contributed by atoms with Gasteiger partial charge in [0.05, 0.1) is 11.1 Å². The van der Waals surface area contributed by atoms with Gasteiger partial charge in [-0.2, -0.15) is 10.2 Å². The first kappa shape index (κ1) is 11.8. The number of nitrogens with zero attached hydrogens (tertiary/aromatic N) is 3. The molecule has 0 fully saturated rings. The minimum absolute atomic E-state index is 0.599. The Morgan fingerprint density at radius 2 is 2.05 bits per heavy atom. The lowest BCUT2D eigenvalue weighted by Gasteiger charge is -2.02. The largest absolute Gasteiger partial charge is 0.383 e. The van der Waals surface area contributed by atoms with Crippen LogP contribution in [0, 0.1) is 6.92 Å². The Morgan fingerprint density at radius 1 is 1.26 bits per heavy atom. The van der Waals surface area contributed by atoms with E-state index < -0.39 is 0 Å². The maximum atomic E-state index is 5.84. The van der Waals surface area contributed by atoms with Gasteiger partial charge in [-0.3, -0.25) is 5.10 Å². The minimum atomic E-state index is 0.599. The van der Waals surface area contributed by atoms with Gasteiger partial charge in [0, 0.05) is 6.54 Å². The maximum Gasteiger partial charge on any atom is 0.182 e. The lowest BCUT2D eigenvalue weighted by molar-refractivity contribution is 0.586. The van der Waals surface area contributed by atoms with Gasteiger partial charge in [-0.15, -0.1) is 0 Å². The van der Waals surface area contributed by atoms with E-state index in [2.05, 4.69) is 39.6 Å². The predicted octanol–water partition coefficient (Wildman–Crippen LogP) is 2.28. The van der Waals surface area contributed by atoms with E-state index in [9.17, 15) is 0 Å². The Kier molecular flexibility index (Phi) is 2.95. The van der Waals surface area contributed by atoms with Crippen molar-refractivity contribution >= 4 is 16.9 Å². The van der Waals surface area contributed by atoms with Crippen molar-refractivity contribution in [3.05, 3.63) is 41.6 Å². The number of anilines is 1. The van der Waals surface area contributed by atoms with Crippen LogP contribution in [0.5, 0.6) is 0 Å². The Hall–Kier alpha value is -2.30. The third kappa shape index (κ3) is 2.19. The van der Waals surface area contributed by atoms with Crippen LogP contribution in [0.25, 0.3) is 11.0 Å². The average molecular weight is 255 g/mol. The molecule has 0 unspecified atom stereocenters. The van der Waals surface area contributed by atoms with Gasteiger partial charge in [-0.25, -0.2) is 4.68 Å². The fourth-order valence-corrected chi connectivity index (χ4v) is 2.40. The van der Waals surface area contributed by atoms with Gasteiger partial charge in [-0.1, -0.05) is 30.3 Å². The molecule has 0 saturated carbocycles. The molecule has 2 aromatic heterocycles. The van der Waals surface area contributed by atoms with Crippen molar-refractivity contribution < 1.29 is 0 Å². The average Bonchev–Trinajstić information content (AvgIpc) is 2.94. The number of nitrogens with one attached hydrogen (secondary N) is 1. The van der Waals surface area contributed by atoms with E-state index >= 15 is 0 Å². The van der Waals surface area contributed by atoms with Crippen LogP contribution in [0.1, 0.15) is 17.7 Å². The van der Waals surface area contributed by atoms with E-state index in [1.165, 1.54) is 5.56 Å². The summed E-state index contributed by atoms with van der Waals surface area (Å²) in [7, 11) is 0. The highest BCUT2D eigenvalue weighted by atomic mass is 15.3. The highest BCUT2D eigenvalue weighted by Crippen LogP contribution is 2.21. The van der Waals surface area contributed by atoms with Crippen LogP contribution in [-0.2, 0) is 13.0 Å². The standard InChI is InChI=1S/C14H17N5/c1-10-12-13(15)16-17-14(12)19(18-10)9-5-8-11-6-3-2-4-7-11/h2-4,6-7H,5,8-9H2,1H3,(H3,15,16,17). The molecule has 98 valence electrons. The van der Waals surface area contributed by atoms with Crippen LogP contribution in [0.2, 0.25) is 0 Å². The van der Waals surface area contributed by atoms with Crippen molar-refractivity contribution in [2.24, 2.45) is 0 Å². The lowest BCUT2D eigenvalue weighted by atomic mass is 10.1. The summed E-state index contributed by atoms with van der Waals surface area (Å²) in [6.45, 7) is 2.81. The summed E-state index contributed by atoms with van der Waals surface area (Å²) in [6, 6.07) is 10.5. The van der Waals surface area contributed by atoms with E-state index in [4.69, 9.17) is 5.73 Å². The summed E-state index contributed by atoms with van der Waals surface area (Å²) >= 11 is 0. The summed E-state index contributed by atoms with van der Waals surface area (Å²) in [6.07, 6.45) is 2.08. The summed E-state index contributed by atoms with van der Waals surface area (Å²) in [5.41, 5.74) is 8.97. The Morgan fingerprint density at radius 3 is 2.84 bits per heavy atom.